The molecule has 11 heteroatoms. The number of phenols is 2. The molecule has 23 heavy (non-hydrogen) atoms. The largest absolute Gasteiger partial charge is 0.507 e. The Morgan fingerprint density at radius 1 is 0.609 bits per heavy atom. The summed E-state index contributed by atoms with van der Waals surface area (Å²) in [7, 11) is -8.61. The number of hydrogen-bond acceptors (Lipinski definition) is 4. The topological polar surface area (TPSA) is 156 Å². The third-order valence-corrected chi connectivity index (χ3v) is 4.40. The maximum atomic E-state index is 10.6. The van der Waals surface area contributed by atoms with Gasteiger partial charge in [-0.1, -0.05) is 24.3 Å². The Bertz CT molecular complexity index is 676. The molecule has 1 radical (unpaired) electrons. The van der Waals surface area contributed by atoms with Crippen LogP contribution in [0.5, 0.6) is 11.5 Å². The van der Waals surface area contributed by atoms with E-state index < -0.39 is 15.2 Å². The van der Waals surface area contributed by atoms with Crippen molar-refractivity contribution in [1.29, 1.82) is 0 Å². The summed E-state index contributed by atoms with van der Waals surface area (Å²) in [6.45, 7) is 0. The second-order valence-electron chi connectivity index (χ2n) is 4.07. The van der Waals surface area contributed by atoms with E-state index in [0.29, 0.717) is 0 Å². The van der Waals surface area contributed by atoms with Crippen molar-refractivity contribution in [2.24, 2.45) is 0 Å². The van der Waals surface area contributed by atoms with Gasteiger partial charge in [0.1, 0.15) is 22.1 Å². The molecular weight excluding hydrogens is 373 g/mol. The zero-order valence-corrected chi connectivity index (χ0v) is 16.9. The fraction of sp³-hybridized carbons (Fsp3) is 0. The Morgan fingerprint density at radius 3 is 1.04 bits per heavy atom. The summed E-state index contributed by atoms with van der Waals surface area (Å²) in [5.74, 6) is -0.748. The van der Waals surface area contributed by atoms with Gasteiger partial charge in [0.15, 0.2) is 0 Å². The smallest absolute Gasteiger partial charge is 0.359 e. The number of para-hydroxylation sites is 2. The summed E-state index contributed by atoms with van der Waals surface area (Å²) in [5, 5.41) is 17.2. The molecule has 2 aromatic rings. The summed E-state index contributed by atoms with van der Waals surface area (Å²) in [6.07, 6.45) is 0. The van der Waals surface area contributed by atoms with Crippen molar-refractivity contribution in [2.75, 3.05) is 0 Å². The monoisotopic (exact) mass is 387 g/mol. The summed E-state index contributed by atoms with van der Waals surface area (Å²) >= 11 is 0. The summed E-state index contributed by atoms with van der Waals surface area (Å²) in [5.41, 5.74) is 0. The maximum absolute atomic E-state index is 10.6. The van der Waals surface area contributed by atoms with Crippen LogP contribution >= 0.6 is 15.2 Å². The molecule has 0 fully saturated rings. The van der Waals surface area contributed by atoms with Crippen molar-refractivity contribution in [1.82, 2.24) is 0 Å². The Morgan fingerprint density at radius 2 is 0.870 bits per heavy atom. The first-order chi connectivity index (χ1) is 10.0. The van der Waals surface area contributed by atoms with Gasteiger partial charge in [0.2, 0.25) is 0 Å². The second kappa shape index (κ2) is 9.46. The van der Waals surface area contributed by atoms with E-state index >= 15 is 0 Å². The van der Waals surface area contributed by atoms with E-state index in [1.165, 1.54) is 48.5 Å². The van der Waals surface area contributed by atoms with Crippen LogP contribution < -0.4 is 10.6 Å². The number of benzene rings is 2. The van der Waals surface area contributed by atoms with E-state index in [2.05, 4.69) is 0 Å². The summed E-state index contributed by atoms with van der Waals surface area (Å²) in [6, 6.07) is 10.7. The van der Waals surface area contributed by atoms with Gasteiger partial charge in [0.25, 0.3) is 0 Å². The average Bonchev–Trinajstić information content (AvgIpc) is 2.37. The molecule has 8 nitrogen and oxygen atoms in total. The average molecular weight is 387 g/mol. The minimum atomic E-state index is -4.31. The van der Waals surface area contributed by atoms with Gasteiger partial charge in [-0.25, -0.2) is 0 Å². The molecule has 0 saturated carbocycles. The molecular formula is C12H14KO8P2. The Hall–Kier alpha value is -0.0236. The van der Waals surface area contributed by atoms with Gasteiger partial charge in [-0.15, -0.1) is 0 Å². The Labute approximate surface area is 174 Å². The predicted octanol–water partition coefficient (Wildman–Crippen LogP) is 0.00960. The minimum Gasteiger partial charge on any atom is -0.507 e. The molecule has 2 rings (SSSR count). The van der Waals surface area contributed by atoms with Crippen LogP contribution in [-0.2, 0) is 9.13 Å². The third-order valence-electron chi connectivity index (χ3n) is 2.39. The van der Waals surface area contributed by atoms with Gasteiger partial charge in [-0.05, 0) is 24.3 Å². The van der Waals surface area contributed by atoms with Crippen LogP contribution in [0.25, 0.3) is 0 Å². The number of phenolic OH excluding ortho intramolecular Hbond substituents is 2. The molecule has 0 spiro atoms. The molecule has 0 unspecified atom stereocenters. The Balaban J connectivity index is 0.000000403. The van der Waals surface area contributed by atoms with Crippen LogP contribution in [-0.4, -0.2) is 81.2 Å². The van der Waals surface area contributed by atoms with E-state index in [9.17, 15) is 9.13 Å². The number of hydrogen-bond donors (Lipinski definition) is 6. The summed E-state index contributed by atoms with van der Waals surface area (Å²) in [4.78, 5) is 34.5. The van der Waals surface area contributed by atoms with Crippen LogP contribution in [0.3, 0.4) is 0 Å². The van der Waals surface area contributed by atoms with Crippen molar-refractivity contribution in [3.05, 3.63) is 48.5 Å². The fourth-order valence-corrected chi connectivity index (χ4v) is 2.73. The van der Waals surface area contributed by atoms with Crippen LogP contribution in [0.1, 0.15) is 0 Å². The standard InChI is InChI=1S/2C6H7O4P.K/c2*7-5-3-1-2-4-6(5)11(8,9)10;/h2*1-4,7H,(H2,8,9,10);. The van der Waals surface area contributed by atoms with Gasteiger partial charge in [0.05, 0.1) is 0 Å². The van der Waals surface area contributed by atoms with E-state index in [4.69, 9.17) is 29.8 Å². The quantitative estimate of drug-likeness (QED) is 0.311. The van der Waals surface area contributed by atoms with Gasteiger partial charge >= 0.3 is 15.2 Å². The molecule has 0 aliphatic heterocycles. The van der Waals surface area contributed by atoms with Crippen LogP contribution in [0.4, 0.5) is 0 Å². The molecule has 2 aromatic carbocycles. The first kappa shape index (κ1) is 23.0. The first-order valence-corrected chi connectivity index (χ1v) is 8.94. The third kappa shape index (κ3) is 7.60. The van der Waals surface area contributed by atoms with Gasteiger partial charge in [0, 0.05) is 51.4 Å². The molecule has 121 valence electrons. The first-order valence-electron chi connectivity index (χ1n) is 5.71. The normalized spacial score (nSPS) is 11.0. The number of aromatic hydroxyl groups is 2. The van der Waals surface area contributed by atoms with Crippen molar-refractivity contribution in [2.45, 2.75) is 0 Å². The molecule has 0 atom stereocenters. The van der Waals surface area contributed by atoms with E-state index in [-0.39, 0.29) is 73.5 Å². The fourth-order valence-electron chi connectivity index (χ4n) is 1.42. The van der Waals surface area contributed by atoms with Crippen LogP contribution in [0, 0.1) is 0 Å². The van der Waals surface area contributed by atoms with Crippen molar-refractivity contribution in [3.63, 3.8) is 0 Å². The summed E-state index contributed by atoms with van der Waals surface area (Å²) < 4.78 is 21.2. The molecule has 0 aromatic heterocycles. The maximum Gasteiger partial charge on any atom is 0.359 e. The zero-order chi connectivity index (χ0) is 17.0. The van der Waals surface area contributed by atoms with Crippen molar-refractivity contribution in [3.8, 4) is 11.5 Å². The van der Waals surface area contributed by atoms with Gasteiger partial charge in [-0.3, -0.25) is 9.13 Å². The second-order valence-corrected chi connectivity index (χ2v) is 7.21. The predicted molar refractivity (Wildman–Crippen MR) is 85.3 cm³/mol. The molecule has 0 heterocycles. The van der Waals surface area contributed by atoms with Crippen LogP contribution in [0.2, 0.25) is 0 Å². The molecule has 0 amide bonds. The van der Waals surface area contributed by atoms with Gasteiger partial charge in [-0.2, -0.15) is 0 Å². The van der Waals surface area contributed by atoms with Crippen LogP contribution in [0.15, 0.2) is 48.5 Å². The molecule has 6 N–H and O–H groups in total. The molecule has 0 bridgehead atoms. The van der Waals surface area contributed by atoms with Gasteiger partial charge < -0.3 is 29.8 Å². The van der Waals surface area contributed by atoms with E-state index in [1.807, 2.05) is 0 Å². The van der Waals surface area contributed by atoms with E-state index in [0.717, 1.165) is 0 Å². The Kier molecular flexibility index (Phi) is 9.45. The number of rotatable bonds is 2. The van der Waals surface area contributed by atoms with Crippen molar-refractivity contribution < 1.29 is 38.9 Å². The molecule has 0 aliphatic carbocycles. The van der Waals surface area contributed by atoms with Crippen molar-refractivity contribution >= 4 is 77.2 Å². The van der Waals surface area contributed by atoms with E-state index in [1.54, 1.807) is 0 Å². The zero-order valence-electron chi connectivity index (χ0n) is 12.0. The SMILES string of the molecule is O=P(O)(O)c1ccccc1O.O=P(O)(O)c1ccccc1O.[K]. The molecule has 0 aliphatic rings. The molecule has 0 saturated heterocycles. The minimum absolute atomic E-state index is 0.